The minimum atomic E-state index is -0.766. The van der Waals surface area contributed by atoms with Gasteiger partial charge < -0.3 is 14.2 Å². The van der Waals surface area contributed by atoms with Crippen molar-refractivity contribution in [1.82, 2.24) is 0 Å². The highest BCUT2D eigenvalue weighted by Crippen LogP contribution is 2.20. The Labute approximate surface area is 513 Å². The van der Waals surface area contributed by atoms with Crippen LogP contribution in [0.3, 0.4) is 0 Å². The first-order valence-electron chi connectivity index (χ1n) is 37.7. The monoisotopic (exact) mass is 1160 g/mol. The summed E-state index contributed by atoms with van der Waals surface area (Å²) >= 11 is 0. The first-order chi connectivity index (χ1) is 40.5. The third-order valence-corrected chi connectivity index (χ3v) is 17.5. The molecule has 0 rings (SSSR count). The van der Waals surface area contributed by atoms with Gasteiger partial charge >= 0.3 is 17.9 Å². The van der Waals surface area contributed by atoms with E-state index in [0.717, 1.165) is 57.8 Å². The number of esters is 3. The third kappa shape index (κ3) is 68.9. The molecule has 1 atom stereocenters. The minimum Gasteiger partial charge on any atom is -0.462 e. The molecule has 0 aromatic heterocycles. The van der Waals surface area contributed by atoms with E-state index in [1.54, 1.807) is 0 Å². The average molecular weight is 1160 g/mol. The standard InChI is InChI=1S/C76H146O6/c1-4-7-10-13-16-19-22-24-26-28-30-32-34-36-37-38-39-41-42-44-46-48-50-52-54-57-60-63-66-69-75(78)81-72-73(71-80-74(77)68-65-62-59-56-21-18-15-12-9-6-3)82-76(79)70-67-64-61-58-55-53-51-49-47-45-43-40-35-33-31-29-27-25-23-20-17-14-11-8-5-2/h29,31,73H,4-28,30,32-72H2,1-3H3/b31-29-. The summed E-state index contributed by atoms with van der Waals surface area (Å²) in [5, 5.41) is 0. The highest BCUT2D eigenvalue weighted by atomic mass is 16.6. The van der Waals surface area contributed by atoms with Crippen LogP contribution in [0.4, 0.5) is 0 Å². The van der Waals surface area contributed by atoms with Crippen molar-refractivity contribution < 1.29 is 28.6 Å². The summed E-state index contributed by atoms with van der Waals surface area (Å²) in [4.78, 5) is 38.4. The van der Waals surface area contributed by atoms with Gasteiger partial charge in [0.2, 0.25) is 0 Å². The SMILES string of the molecule is CCCCCCCCCC/C=C\CCCCCCCCCCCCCCCC(=O)OC(COC(=O)CCCCCCCCCCCC)COC(=O)CCCCCCCCCCCCCCCCCCCCCCCCCCCCCCC. The molecule has 0 spiro atoms. The summed E-state index contributed by atoms with van der Waals surface area (Å²) in [6.07, 6.45) is 87.1. The molecule has 0 amide bonds. The Kier molecular flexibility index (Phi) is 70.0. The fourth-order valence-corrected chi connectivity index (χ4v) is 11.9. The lowest BCUT2D eigenvalue weighted by molar-refractivity contribution is -0.167. The Balaban J connectivity index is 4.08. The summed E-state index contributed by atoms with van der Waals surface area (Å²) < 4.78 is 17.0. The van der Waals surface area contributed by atoms with Crippen LogP contribution in [0.5, 0.6) is 0 Å². The molecule has 0 fully saturated rings. The van der Waals surface area contributed by atoms with Crippen molar-refractivity contribution >= 4 is 17.9 Å². The lowest BCUT2D eigenvalue weighted by Gasteiger charge is -2.18. The molecule has 486 valence electrons. The predicted octanol–water partition coefficient (Wildman–Crippen LogP) is 26.0. The second-order valence-corrected chi connectivity index (χ2v) is 25.9. The quantitative estimate of drug-likeness (QED) is 0.0261. The van der Waals surface area contributed by atoms with Gasteiger partial charge in [-0.15, -0.1) is 0 Å². The van der Waals surface area contributed by atoms with Crippen LogP contribution in [-0.2, 0) is 28.6 Å². The Hall–Kier alpha value is -1.85. The maximum absolute atomic E-state index is 12.9. The summed E-state index contributed by atoms with van der Waals surface area (Å²) in [5.41, 5.74) is 0. The van der Waals surface area contributed by atoms with Gasteiger partial charge in [-0.1, -0.05) is 386 Å². The summed E-state index contributed by atoms with van der Waals surface area (Å²) in [6, 6.07) is 0. The van der Waals surface area contributed by atoms with E-state index in [9.17, 15) is 14.4 Å². The molecular formula is C76H146O6. The van der Waals surface area contributed by atoms with Gasteiger partial charge in [-0.2, -0.15) is 0 Å². The highest BCUT2D eigenvalue weighted by Gasteiger charge is 2.20. The molecule has 0 aliphatic rings. The largest absolute Gasteiger partial charge is 0.462 e. The topological polar surface area (TPSA) is 78.9 Å². The zero-order chi connectivity index (χ0) is 59.2. The molecule has 6 heteroatoms. The summed E-state index contributed by atoms with van der Waals surface area (Å²) in [6.45, 7) is 6.72. The Morgan fingerprint density at radius 2 is 0.402 bits per heavy atom. The Bertz CT molecular complexity index is 1280. The van der Waals surface area contributed by atoms with Crippen LogP contribution < -0.4 is 0 Å². The molecule has 0 saturated carbocycles. The second kappa shape index (κ2) is 71.6. The molecule has 82 heavy (non-hydrogen) atoms. The molecular weight excluding hydrogens is 1010 g/mol. The first kappa shape index (κ1) is 80.2. The lowest BCUT2D eigenvalue weighted by Crippen LogP contribution is -2.30. The fraction of sp³-hybridized carbons (Fsp3) is 0.934. The zero-order valence-electron chi connectivity index (χ0n) is 56.1. The van der Waals surface area contributed by atoms with Gasteiger partial charge in [-0.05, 0) is 44.9 Å². The number of hydrogen-bond donors (Lipinski definition) is 0. The van der Waals surface area contributed by atoms with Crippen LogP contribution in [0, 0.1) is 0 Å². The van der Waals surface area contributed by atoms with Crippen molar-refractivity contribution in [2.45, 2.75) is 444 Å². The van der Waals surface area contributed by atoms with Crippen LogP contribution in [0.15, 0.2) is 12.2 Å². The van der Waals surface area contributed by atoms with Crippen LogP contribution in [0.2, 0.25) is 0 Å². The van der Waals surface area contributed by atoms with Crippen molar-refractivity contribution in [3.05, 3.63) is 12.2 Å². The average Bonchev–Trinajstić information content (AvgIpc) is 3.47. The van der Waals surface area contributed by atoms with Crippen molar-refractivity contribution in [1.29, 1.82) is 0 Å². The van der Waals surface area contributed by atoms with Gasteiger partial charge in [-0.25, -0.2) is 0 Å². The lowest BCUT2D eigenvalue weighted by atomic mass is 10.0. The summed E-state index contributed by atoms with van der Waals surface area (Å²) in [5.74, 6) is -0.829. The first-order valence-corrected chi connectivity index (χ1v) is 37.7. The number of hydrogen-bond acceptors (Lipinski definition) is 6. The normalized spacial score (nSPS) is 12.0. The summed E-state index contributed by atoms with van der Waals surface area (Å²) in [7, 11) is 0. The number of rotatable bonds is 71. The molecule has 0 aliphatic carbocycles. The van der Waals surface area contributed by atoms with Crippen molar-refractivity contribution in [3.63, 3.8) is 0 Å². The molecule has 0 heterocycles. The van der Waals surface area contributed by atoms with Crippen molar-refractivity contribution in [2.75, 3.05) is 13.2 Å². The maximum Gasteiger partial charge on any atom is 0.306 e. The van der Waals surface area contributed by atoms with Crippen LogP contribution in [0.1, 0.15) is 438 Å². The van der Waals surface area contributed by atoms with E-state index in [1.807, 2.05) is 0 Å². The molecule has 0 saturated heterocycles. The third-order valence-electron chi connectivity index (χ3n) is 17.5. The van der Waals surface area contributed by atoms with E-state index in [-0.39, 0.29) is 31.1 Å². The van der Waals surface area contributed by atoms with E-state index in [0.29, 0.717) is 19.3 Å². The van der Waals surface area contributed by atoms with Crippen LogP contribution >= 0.6 is 0 Å². The second-order valence-electron chi connectivity index (χ2n) is 25.9. The minimum absolute atomic E-state index is 0.0628. The molecule has 0 aromatic carbocycles. The van der Waals surface area contributed by atoms with E-state index in [4.69, 9.17) is 14.2 Å². The Morgan fingerprint density at radius 3 is 0.610 bits per heavy atom. The molecule has 1 unspecified atom stereocenters. The molecule has 0 aliphatic heterocycles. The molecule has 0 N–H and O–H groups in total. The molecule has 0 radical (unpaired) electrons. The van der Waals surface area contributed by atoms with Gasteiger partial charge in [0.05, 0.1) is 0 Å². The van der Waals surface area contributed by atoms with Gasteiger partial charge in [0.15, 0.2) is 6.10 Å². The predicted molar refractivity (Wildman–Crippen MR) is 358 cm³/mol. The Morgan fingerprint density at radius 1 is 0.232 bits per heavy atom. The number of carbonyl (C=O) groups excluding carboxylic acids is 3. The fourth-order valence-electron chi connectivity index (χ4n) is 11.9. The van der Waals surface area contributed by atoms with Crippen molar-refractivity contribution in [2.24, 2.45) is 0 Å². The number of allylic oxidation sites excluding steroid dienone is 2. The van der Waals surface area contributed by atoms with E-state index >= 15 is 0 Å². The molecule has 0 aromatic rings. The maximum atomic E-state index is 12.9. The smallest absolute Gasteiger partial charge is 0.306 e. The highest BCUT2D eigenvalue weighted by molar-refractivity contribution is 5.71. The van der Waals surface area contributed by atoms with Crippen LogP contribution in [0.25, 0.3) is 0 Å². The molecule has 0 bridgehead atoms. The van der Waals surface area contributed by atoms with Crippen molar-refractivity contribution in [3.8, 4) is 0 Å². The van der Waals surface area contributed by atoms with Gasteiger partial charge in [0.1, 0.15) is 13.2 Å². The number of ether oxygens (including phenoxy) is 3. The van der Waals surface area contributed by atoms with Crippen LogP contribution in [-0.4, -0.2) is 37.2 Å². The van der Waals surface area contributed by atoms with E-state index in [2.05, 4.69) is 32.9 Å². The molecule has 6 nitrogen and oxygen atoms in total. The zero-order valence-corrected chi connectivity index (χ0v) is 56.1. The van der Waals surface area contributed by atoms with Gasteiger partial charge in [0, 0.05) is 19.3 Å². The van der Waals surface area contributed by atoms with Gasteiger partial charge in [0.25, 0.3) is 0 Å². The number of carbonyl (C=O) groups is 3. The van der Waals surface area contributed by atoms with E-state index < -0.39 is 6.10 Å². The van der Waals surface area contributed by atoms with E-state index in [1.165, 1.54) is 340 Å². The number of unbranched alkanes of at least 4 members (excludes halogenated alkanes) is 58. The van der Waals surface area contributed by atoms with Gasteiger partial charge in [-0.3, -0.25) is 14.4 Å².